The summed E-state index contributed by atoms with van der Waals surface area (Å²) in [7, 11) is 0. The van der Waals surface area contributed by atoms with Gasteiger partial charge < -0.3 is 11.1 Å². The van der Waals surface area contributed by atoms with Crippen LogP contribution in [0.15, 0.2) is 0 Å². The third-order valence-corrected chi connectivity index (χ3v) is 3.51. The Morgan fingerprint density at radius 3 is 2.56 bits per heavy atom. The SMILES string of the molecule is CC(N)CCNC(=O)C(C)CC1CCCC1. The minimum absolute atomic E-state index is 0.163. The lowest BCUT2D eigenvalue weighted by atomic mass is 9.94. The van der Waals surface area contributed by atoms with Gasteiger partial charge in [-0.1, -0.05) is 32.6 Å². The van der Waals surface area contributed by atoms with Crippen LogP contribution in [0.25, 0.3) is 0 Å². The number of hydrogen-bond acceptors (Lipinski definition) is 2. The number of amides is 1. The number of hydrogen-bond donors (Lipinski definition) is 2. The lowest BCUT2D eigenvalue weighted by Crippen LogP contribution is -2.33. The second-order valence-corrected chi connectivity index (χ2v) is 5.34. The molecule has 0 aromatic carbocycles. The Balaban J connectivity index is 2.14. The van der Waals surface area contributed by atoms with Crippen molar-refractivity contribution in [3.8, 4) is 0 Å². The first-order valence-electron chi connectivity index (χ1n) is 6.63. The summed E-state index contributed by atoms with van der Waals surface area (Å²) in [5.74, 6) is 1.15. The molecule has 1 saturated carbocycles. The van der Waals surface area contributed by atoms with Gasteiger partial charge in [0.1, 0.15) is 0 Å². The molecule has 0 spiro atoms. The van der Waals surface area contributed by atoms with Crippen LogP contribution in [0.5, 0.6) is 0 Å². The fraction of sp³-hybridized carbons (Fsp3) is 0.923. The van der Waals surface area contributed by atoms with Crippen LogP contribution in [-0.4, -0.2) is 18.5 Å². The third kappa shape index (κ3) is 4.97. The number of nitrogens with two attached hydrogens (primary N) is 1. The predicted octanol–water partition coefficient (Wildman–Crippen LogP) is 2.06. The average Bonchev–Trinajstić information content (AvgIpc) is 2.69. The lowest BCUT2D eigenvalue weighted by Gasteiger charge is -2.16. The lowest BCUT2D eigenvalue weighted by molar-refractivity contribution is -0.125. The van der Waals surface area contributed by atoms with Crippen molar-refractivity contribution < 1.29 is 4.79 Å². The summed E-state index contributed by atoms with van der Waals surface area (Å²) in [5, 5.41) is 2.97. The van der Waals surface area contributed by atoms with Crippen molar-refractivity contribution in [3.63, 3.8) is 0 Å². The first kappa shape index (κ1) is 13.5. The van der Waals surface area contributed by atoms with E-state index < -0.39 is 0 Å². The van der Waals surface area contributed by atoms with Gasteiger partial charge in [0.2, 0.25) is 5.91 Å². The summed E-state index contributed by atoms with van der Waals surface area (Å²) in [4.78, 5) is 11.8. The van der Waals surface area contributed by atoms with Gasteiger partial charge in [-0.15, -0.1) is 0 Å². The maximum atomic E-state index is 11.8. The van der Waals surface area contributed by atoms with E-state index in [0.29, 0.717) is 6.54 Å². The van der Waals surface area contributed by atoms with Crippen LogP contribution in [0.4, 0.5) is 0 Å². The second-order valence-electron chi connectivity index (χ2n) is 5.34. The zero-order valence-electron chi connectivity index (χ0n) is 10.7. The highest BCUT2D eigenvalue weighted by Gasteiger charge is 2.21. The smallest absolute Gasteiger partial charge is 0.222 e. The molecule has 2 atom stereocenters. The van der Waals surface area contributed by atoms with Crippen molar-refractivity contribution in [1.82, 2.24) is 5.32 Å². The molecule has 0 heterocycles. The van der Waals surface area contributed by atoms with E-state index >= 15 is 0 Å². The van der Waals surface area contributed by atoms with Gasteiger partial charge in [0.25, 0.3) is 0 Å². The molecule has 2 unspecified atom stereocenters. The monoisotopic (exact) mass is 226 g/mol. The number of carbonyl (C=O) groups excluding carboxylic acids is 1. The van der Waals surface area contributed by atoms with Crippen LogP contribution in [0, 0.1) is 11.8 Å². The van der Waals surface area contributed by atoms with E-state index in [1.54, 1.807) is 0 Å². The summed E-state index contributed by atoms with van der Waals surface area (Å²) in [6.45, 7) is 4.72. The highest BCUT2D eigenvalue weighted by molar-refractivity contribution is 5.78. The van der Waals surface area contributed by atoms with Gasteiger partial charge in [-0.2, -0.15) is 0 Å². The van der Waals surface area contributed by atoms with Crippen molar-refractivity contribution >= 4 is 5.91 Å². The molecule has 1 amide bonds. The molecule has 16 heavy (non-hydrogen) atoms. The standard InChI is InChI=1S/C13H26N2O/c1-10(9-12-5-3-4-6-12)13(16)15-8-7-11(2)14/h10-12H,3-9,14H2,1-2H3,(H,15,16). The Hall–Kier alpha value is -0.570. The van der Waals surface area contributed by atoms with Crippen LogP contribution in [0.1, 0.15) is 52.4 Å². The molecule has 1 aliphatic rings. The highest BCUT2D eigenvalue weighted by atomic mass is 16.1. The number of carbonyl (C=O) groups is 1. The van der Waals surface area contributed by atoms with E-state index in [2.05, 4.69) is 5.32 Å². The summed E-state index contributed by atoms with van der Waals surface area (Å²) in [6.07, 6.45) is 7.26. The van der Waals surface area contributed by atoms with E-state index in [9.17, 15) is 4.79 Å². The molecule has 94 valence electrons. The summed E-state index contributed by atoms with van der Waals surface area (Å²) in [5.41, 5.74) is 5.64. The van der Waals surface area contributed by atoms with Gasteiger partial charge in [-0.25, -0.2) is 0 Å². The van der Waals surface area contributed by atoms with Gasteiger partial charge >= 0.3 is 0 Å². The maximum Gasteiger partial charge on any atom is 0.222 e. The minimum Gasteiger partial charge on any atom is -0.356 e. The normalized spacial score (nSPS) is 20.7. The molecular formula is C13H26N2O. The van der Waals surface area contributed by atoms with Gasteiger partial charge in [-0.3, -0.25) is 4.79 Å². The van der Waals surface area contributed by atoms with Crippen LogP contribution in [0.2, 0.25) is 0 Å². The molecule has 0 aromatic heterocycles. The van der Waals surface area contributed by atoms with Crippen LogP contribution in [-0.2, 0) is 4.79 Å². The number of nitrogens with one attached hydrogen (secondary N) is 1. The predicted molar refractivity (Wildman–Crippen MR) is 67.0 cm³/mol. The van der Waals surface area contributed by atoms with Crippen molar-refractivity contribution in [2.24, 2.45) is 17.6 Å². The fourth-order valence-electron chi connectivity index (χ4n) is 2.45. The minimum atomic E-state index is 0.163. The average molecular weight is 226 g/mol. The quantitative estimate of drug-likeness (QED) is 0.728. The molecule has 1 aliphatic carbocycles. The molecule has 3 N–H and O–H groups in total. The molecule has 0 aliphatic heterocycles. The zero-order chi connectivity index (χ0) is 12.0. The molecule has 0 radical (unpaired) electrons. The van der Waals surface area contributed by atoms with Gasteiger partial charge in [0.05, 0.1) is 0 Å². The Morgan fingerprint density at radius 1 is 1.38 bits per heavy atom. The Bertz CT molecular complexity index is 210. The molecule has 1 rings (SSSR count). The Labute approximate surface area is 99.2 Å². The maximum absolute atomic E-state index is 11.8. The van der Waals surface area contributed by atoms with Crippen molar-refractivity contribution in [1.29, 1.82) is 0 Å². The molecule has 0 saturated heterocycles. The summed E-state index contributed by atoms with van der Waals surface area (Å²) >= 11 is 0. The van der Waals surface area contributed by atoms with E-state index in [4.69, 9.17) is 5.73 Å². The van der Waals surface area contributed by atoms with E-state index in [1.165, 1.54) is 25.7 Å². The van der Waals surface area contributed by atoms with E-state index in [1.807, 2.05) is 13.8 Å². The van der Waals surface area contributed by atoms with Crippen molar-refractivity contribution in [3.05, 3.63) is 0 Å². The number of rotatable bonds is 6. The van der Waals surface area contributed by atoms with Crippen LogP contribution >= 0.6 is 0 Å². The third-order valence-electron chi connectivity index (χ3n) is 3.51. The largest absolute Gasteiger partial charge is 0.356 e. The highest BCUT2D eigenvalue weighted by Crippen LogP contribution is 2.30. The Kier molecular flexibility index (Phi) is 5.81. The molecule has 3 nitrogen and oxygen atoms in total. The van der Waals surface area contributed by atoms with Crippen molar-refractivity contribution in [2.45, 2.75) is 58.4 Å². The van der Waals surface area contributed by atoms with E-state index in [-0.39, 0.29) is 17.9 Å². The first-order chi connectivity index (χ1) is 7.59. The molecule has 0 bridgehead atoms. The van der Waals surface area contributed by atoms with E-state index in [0.717, 1.165) is 18.8 Å². The van der Waals surface area contributed by atoms with Crippen LogP contribution < -0.4 is 11.1 Å². The van der Waals surface area contributed by atoms with Crippen molar-refractivity contribution in [2.75, 3.05) is 6.54 Å². The summed E-state index contributed by atoms with van der Waals surface area (Å²) in [6, 6.07) is 0.172. The first-order valence-corrected chi connectivity index (χ1v) is 6.63. The topological polar surface area (TPSA) is 55.1 Å². The van der Waals surface area contributed by atoms with Gasteiger partial charge in [-0.05, 0) is 25.7 Å². The molecule has 0 aromatic rings. The van der Waals surface area contributed by atoms with Crippen LogP contribution in [0.3, 0.4) is 0 Å². The molecule has 3 heteroatoms. The Morgan fingerprint density at radius 2 is 2.00 bits per heavy atom. The fourth-order valence-corrected chi connectivity index (χ4v) is 2.45. The second kappa shape index (κ2) is 6.89. The molecular weight excluding hydrogens is 200 g/mol. The van der Waals surface area contributed by atoms with Gasteiger partial charge in [0.15, 0.2) is 0 Å². The molecule has 1 fully saturated rings. The zero-order valence-corrected chi connectivity index (χ0v) is 10.7. The van der Waals surface area contributed by atoms with Gasteiger partial charge in [0, 0.05) is 18.5 Å². The summed E-state index contributed by atoms with van der Waals surface area (Å²) < 4.78 is 0.